The summed E-state index contributed by atoms with van der Waals surface area (Å²) in [4.78, 5) is 4.41. The summed E-state index contributed by atoms with van der Waals surface area (Å²) in [5.74, 6) is 0. The minimum atomic E-state index is -3.68. The van der Waals surface area contributed by atoms with Crippen molar-refractivity contribution >= 4 is 43.2 Å². The Bertz CT molecular complexity index is 940. The van der Waals surface area contributed by atoms with Gasteiger partial charge in [-0.2, -0.15) is 0 Å². The molecule has 5 nitrogen and oxygen atoms in total. The maximum absolute atomic E-state index is 12.3. The lowest BCUT2D eigenvalue weighted by atomic mass is 10.4. The van der Waals surface area contributed by atoms with E-state index in [1.807, 2.05) is 22.7 Å². The fourth-order valence-corrected chi connectivity index (χ4v) is 3.88. The average Bonchev–Trinajstić information content (AvgIpc) is 2.87. The predicted molar refractivity (Wildman–Crippen MR) is 88.4 cm³/mol. The van der Waals surface area contributed by atoms with Crippen LogP contribution in [0.15, 0.2) is 58.2 Å². The highest BCUT2D eigenvalue weighted by atomic mass is 79.9. The molecule has 0 aliphatic heterocycles. The summed E-state index contributed by atoms with van der Waals surface area (Å²) in [7, 11) is -3.68. The van der Waals surface area contributed by atoms with E-state index in [1.54, 1.807) is 24.4 Å². The molecule has 3 rings (SSSR count). The van der Waals surface area contributed by atoms with Crippen LogP contribution in [-0.4, -0.2) is 17.8 Å². The lowest BCUT2D eigenvalue weighted by Crippen LogP contribution is -2.23. The second kappa shape index (κ2) is 6.00. The van der Waals surface area contributed by atoms with E-state index >= 15 is 0 Å². The van der Waals surface area contributed by atoms with Gasteiger partial charge in [-0.05, 0) is 40.2 Å². The molecule has 0 amide bonds. The summed E-state index contributed by atoms with van der Waals surface area (Å²) in [5.41, 5.74) is 1.36. The van der Waals surface area contributed by atoms with Gasteiger partial charge in [0.25, 0.3) is 0 Å². The number of sulfonamides is 1. The van der Waals surface area contributed by atoms with Gasteiger partial charge in [0, 0.05) is 16.9 Å². The molecule has 0 aliphatic rings. The van der Waals surface area contributed by atoms with Gasteiger partial charge in [0.2, 0.25) is 10.0 Å². The normalized spacial score (nSPS) is 11.9. The second-order valence-electron chi connectivity index (χ2n) is 4.60. The molecule has 0 atom stereocenters. The van der Waals surface area contributed by atoms with Crippen LogP contribution >= 0.6 is 27.5 Å². The van der Waals surface area contributed by atoms with Gasteiger partial charge in [-0.3, -0.25) is 0 Å². The van der Waals surface area contributed by atoms with Crippen molar-refractivity contribution in [2.45, 2.75) is 11.4 Å². The summed E-state index contributed by atoms with van der Waals surface area (Å²) >= 11 is 9.30. The zero-order valence-corrected chi connectivity index (χ0v) is 14.4. The van der Waals surface area contributed by atoms with Crippen molar-refractivity contribution in [3.8, 4) is 0 Å². The molecule has 8 heteroatoms. The quantitative estimate of drug-likeness (QED) is 0.731. The van der Waals surface area contributed by atoms with Gasteiger partial charge in [-0.1, -0.05) is 23.7 Å². The van der Waals surface area contributed by atoms with E-state index < -0.39 is 10.0 Å². The molecule has 0 fully saturated rings. The van der Waals surface area contributed by atoms with Crippen LogP contribution in [0.3, 0.4) is 0 Å². The first-order valence-electron chi connectivity index (χ1n) is 6.33. The molecule has 0 saturated carbocycles. The lowest BCUT2D eigenvalue weighted by Gasteiger charge is -2.06. The molecule has 1 aromatic carbocycles. The van der Waals surface area contributed by atoms with Crippen molar-refractivity contribution in [3.05, 3.63) is 64.0 Å². The third-order valence-electron chi connectivity index (χ3n) is 3.03. The number of hydrogen-bond acceptors (Lipinski definition) is 3. The van der Waals surface area contributed by atoms with Gasteiger partial charge in [0.05, 0.1) is 17.3 Å². The molecule has 0 saturated heterocycles. The number of aromatic nitrogens is 2. The Morgan fingerprint density at radius 2 is 1.95 bits per heavy atom. The number of fused-ring (bicyclic) bond motifs is 1. The van der Waals surface area contributed by atoms with Gasteiger partial charge in [0.1, 0.15) is 10.5 Å². The summed E-state index contributed by atoms with van der Waals surface area (Å²) in [5, 5.41) is 0.189. The number of pyridine rings is 1. The van der Waals surface area contributed by atoms with Gasteiger partial charge < -0.3 is 4.40 Å². The first kappa shape index (κ1) is 15.5. The van der Waals surface area contributed by atoms with Crippen molar-refractivity contribution < 1.29 is 8.42 Å². The van der Waals surface area contributed by atoms with Crippen LogP contribution < -0.4 is 4.72 Å². The van der Waals surface area contributed by atoms with Crippen LogP contribution in [0, 0.1) is 0 Å². The van der Waals surface area contributed by atoms with Gasteiger partial charge >= 0.3 is 0 Å². The van der Waals surface area contributed by atoms with Crippen LogP contribution in [-0.2, 0) is 16.6 Å². The van der Waals surface area contributed by atoms with Crippen LogP contribution in [0.2, 0.25) is 5.02 Å². The Labute approximate surface area is 141 Å². The monoisotopic (exact) mass is 399 g/mol. The van der Waals surface area contributed by atoms with Crippen molar-refractivity contribution in [1.29, 1.82) is 0 Å². The van der Waals surface area contributed by atoms with E-state index in [9.17, 15) is 8.42 Å². The number of benzene rings is 1. The predicted octanol–water partition coefficient (Wildman–Crippen LogP) is 3.23. The summed E-state index contributed by atoms with van der Waals surface area (Å²) < 4.78 is 29.8. The van der Waals surface area contributed by atoms with Crippen molar-refractivity contribution in [2.75, 3.05) is 0 Å². The maximum atomic E-state index is 12.3. The first-order chi connectivity index (χ1) is 10.5. The minimum absolute atomic E-state index is 0.0585. The summed E-state index contributed by atoms with van der Waals surface area (Å²) in [6, 6.07) is 10.0. The van der Waals surface area contributed by atoms with E-state index in [4.69, 9.17) is 11.6 Å². The fraction of sp³-hybridized carbons (Fsp3) is 0.0714. The van der Waals surface area contributed by atoms with E-state index in [0.717, 1.165) is 10.1 Å². The van der Waals surface area contributed by atoms with E-state index in [0.29, 0.717) is 5.69 Å². The SMILES string of the molecule is O=S(=O)(NCc1cn2cc(Br)ccc2n1)c1ccccc1Cl. The van der Waals surface area contributed by atoms with Crippen LogP contribution in [0.4, 0.5) is 0 Å². The lowest BCUT2D eigenvalue weighted by molar-refractivity contribution is 0.580. The zero-order chi connectivity index (χ0) is 15.7. The number of rotatable bonds is 4. The highest BCUT2D eigenvalue weighted by Crippen LogP contribution is 2.20. The van der Waals surface area contributed by atoms with Gasteiger partial charge in [-0.15, -0.1) is 0 Å². The molecule has 114 valence electrons. The Hall–Kier alpha value is -1.41. The second-order valence-corrected chi connectivity index (χ2v) is 7.66. The fourth-order valence-electron chi connectivity index (χ4n) is 2.01. The first-order valence-corrected chi connectivity index (χ1v) is 8.98. The summed E-state index contributed by atoms with van der Waals surface area (Å²) in [6.45, 7) is 0.0901. The summed E-state index contributed by atoms with van der Waals surface area (Å²) in [6.07, 6.45) is 3.63. The molecule has 3 aromatic rings. The molecule has 0 spiro atoms. The van der Waals surface area contributed by atoms with Crippen molar-refractivity contribution in [3.63, 3.8) is 0 Å². The molecule has 1 N–H and O–H groups in total. The Balaban J connectivity index is 1.83. The maximum Gasteiger partial charge on any atom is 0.242 e. The minimum Gasteiger partial charge on any atom is -0.306 e. The number of nitrogens with one attached hydrogen (secondary N) is 1. The van der Waals surface area contributed by atoms with Crippen LogP contribution in [0.5, 0.6) is 0 Å². The van der Waals surface area contributed by atoms with Crippen LogP contribution in [0.25, 0.3) is 5.65 Å². The van der Waals surface area contributed by atoms with Crippen molar-refractivity contribution in [2.24, 2.45) is 0 Å². The molecule has 2 heterocycles. The Morgan fingerprint density at radius 3 is 2.73 bits per heavy atom. The molecule has 22 heavy (non-hydrogen) atoms. The highest BCUT2D eigenvalue weighted by molar-refractivity contribution is 9.10. The number of halogens is 2. The third-order valence-corrected chi connectivity index (χ3v) is 5.40. The molecule has 0 unspecified atom stereocenters. The molecule has 0 bridgehead atoms. The number of imidazole rings is 1. The van der Waals surface area contributed by atoms with E-state index in [-0.39, 0.29) is 16.5 Å². The number of hydrogen-bond donors (Lipinski definition) is 1. The number of nitrogens with zero attached hydrogens (tertiary/aromatic N) is 2. The Kier molecular flexibility index (Phi) is 4.22. The van der Waals surface area contributed by atoms with Gasteiger partial charge in [0.15, 0.2) is 0 Å². The standard InChI is InChI=1S/C14H11BrClN3O2S/c15-10-5-6-14-18-11(9-19(14)8-10)7-17-22(20,21)13-4-2-1-3-12(13)16/h1-6,8-9,17H,7H2. The average molecular weight is 401 g/mol. The molecular formula is C14H11BrClN3O2S. The molecule has 2 aromatic heterocycles. The largest absolute Gasteiger partial charge is 0.306 e. The van der Waals surface area contributed by atoms with Crippen LogP contribution in [0.1, 0.15) is 5.69 Å². The topological polar surface area (TPSA) is 63.5 Å². The smallest absolute Gasteiger partial charge is 0.242 e. The highest BCUT2D eigenvalue weighted by Gasteiger charge is 2.17. The molecular weight excluding hydrogens is 390 g/mol. The molecule has 0 radical (unpaired) electrons. The molecule has 0 aliphatic carbocycles. The Morgan fingerprint density at radius 1 is 1.18 bits per heavy atom. The van der Waals surface area contributed by atoms with Gasteiger partial charge in [-0.25, -0.2) is 18.1 Å². The third kappa shape index (κ3) is 3.17. The van der Waals surface area contributed by atoms with E-state index in [2.05, 4.69) is 25.6 Å². The zero-order valence-electron chi connectivity index (χ0n) is 11.2. The van der Waals surface area contributed by atoms with E-state index in [1.165, 1.54) is 6.07 Å². The van der Waals surface area contributed by atoms with Crippen molar-refractivity contribution in [1.82, 2.24) is 14.1 Å².